The van der Waals surface area contributed by atoms with Gasteiger partial charge >= 0.3 is 0 Å². The van der Waals surface area contributed by atoms with Crippen LogP contribution in [0.1, 0.15) is 24.5 Å². The van der Waals surface area contributed by atoms with Gasteiger partial charge in [0.05, 0.1) is 17.9 Å². The van der Waals surface area contributed by atoms with E-state index in [1.54, 1.807) is 12.1 Å². The van der Waals surface area contributed by atoms with Crippen LogP contribution in [0.5, 0.6) is 0 Å². The third kappa shape index (κ3) is 2.54. The standard InChI is InChI=1S/C14H17N3O2/c1-2-12-14(19)16-5-6-17(12)13-4-3-10(9-18)7-11(13)8-15/h3-4,7,12,18H,2,5-6,9H2,1H3,(H,16,19). The fourth-order valence-corrected chi connectivity index (χ4v) is 2.43. The lowest BCUT2D eigenvalue weighted by Gasteiger charge is -2.36. The zero-order chi connectivity index (χ0) is 13.8. The van der Waals surface area contributed by atoms with Crippen molar-refractivity contribution in [2.24, 2.45) is 0 Å². The maximum atomic E-state index is 11.9. The van der Waals surface area contributed by atoms with Crippen molar-refractivity contribution in [3.05, 3.63) is 29.3 Å². The molecule has 0 saturated carbocycles. The second-order valence-corrected chi connectivity index (χ2v) is 4.53. The first-order valence-corrected chi connectivity index (χ1v) is 6.39. The molecule has 2 N–H and O–H groups in total. The van der Waals surface area contributed by atoms with Crippen molar-refractivity contribution >= 4 is 11.6 Å². The van der Waals surface area contributed by atoms with E-state index in [0.717, 1.165) is 5.69 Å². The number of piperazine rings is 1. The lowest BCUT2D eigenvalue weighted by molar-refractivity contribution is -0.123. The Labute approximate surface area is 112 Å². The van der Waals surface area contributed by atoms with Crippen LogP contribution in [0.3, 0.4) is 0 Å². The number of aliphatic hydroxyl groups excluding tert-OH is 1. The molecular weight excluding hydrogens is 242 g/mol. The second kappa shape index (κ2) is 5.72. The molecule has 1 aliphatic heterocycles. The lowest BCUT2D eigenvalue weighted by Crippen LogP contribution is -2.55. The van der Waals surface area contributed by atoms with Crippen LogP contribution < -0.4 is 10.2 Å². The Balaban J connectivity index is 2.40. The van der Waals surface area contributed by atoms with Crippen LogP contribution in [-0.4, -0.2) is 30.1 Å². The number of aliphatic hydroxyl groups is 1. The zero-order valence-corrected chi connectivity index (χ0v) is 10.9. The van der Waals surface area contributed by atoms with Gasteiger partial charge in [0.1, 0.15) is 12.1 Å². The second-order valence-electron chi connectivity index (χ2n) is 4.53. The summed E-state index contributed by atoms with van der Waals surface area (Å²) in [5, 5.41) is 21.2. The van der Waals surface area contributed by atoms with Crippen molar-refractivity contribution in [3.63, 3.8) is 0 Å². The molecule has 2 rings (SSSR count). The fraction of sp³-hybridized carbons (Fsp3) is 0.429. The van der Waals surface area contributed by atoms with Crippen molar-refractivity contribution < 1.29 is 9.90 Å². The molecule has 1 aromatic carbocycles. The van der Waals surface area contributed by atoms with E-state index in [1.807, 2.05) is 17.9 Å². The number of nitrogens with one attached hydrogen (secondary N) is 1. The summed E-state index contributed by atoms with van der Waals surface area (Å²) in [4.78, 5) is 13.8. The van der Waals surface area contributed by atoms with Gasteiger partial charge in [0, 0.05) is 13.1 Å². The van der Waals surface area contributed by atoms with Crippen LogP contribution in [0.15, 0.2) is 18.2 Å². The first-order valence-electron chi connectivity index (χ1n) is 6.39. The average molecular weight is 259 g/mol. The van der Waals surface area contributed by atoms with Crippen LogP contribution in [-0.2, 0) is 11.4 Å². The van der Waals surface area contributed by atoms with Crippen molar-refractivity contribution in [1.82, 2.24) is 5.32 Å². The minimum absolute atomic E-state index is 0.00359. The number of nitriles is 1. The summed E-state index contributed by atoms with van der Waals surface area (Å²) >= 11 is 0. The highest BCUT2D eigenvalue weighted by Gasteiger charge is 2.29. The predicted molar refractivity (Wildman–Crippen MR) is 71.5 cm³/mol. The lowest BCUT2D eigenvalue weighted by atomic mass is 10.0. The summed E-state index contributed by atoms with van der Waals surface area (Å²) in [7, 11) is 0. The summed E-state index contributed by atoms with van der Waals surface area (Å²) in [6, 6.07) is 7.18. The number of hydrogen-bond acceptors (Lipinski definition) is 4. The van der Waals surface area contributed by atoms with Crippen LogP contribution in [0.2, 0.25) is 0 Å². The van der Waals surface area contributed by atoms with E-state index in [4.69, 9.17) is 5.11 Å². The third-order valence-electron chi connectivity index (χ3n) is 3.39. The molecule has 0 radical (unpaired) electrons. The molecule has 1 fully saturated rings. The average Bonchev–Trinajstić information content (AvgIpc) is 2.46. The Bertz CT molecular complexity index is 522. The van der Waals surface area contributed by atoms with Crippen LogP contribution in [0.25, 0.3) is 0 Å². The number of anilines is 1. The molecule has 0 bridgehead atoms. The summed E-state index contributed by atoms with van der Waals surface area (Å²) < 4.78 is 0. The van der Waals surface area contributed by atoms with Gasteiger partial charge in [0.2, 0.25) is 5.91 Å². The third-order valence-corrected chi connectivity index (χ3v) is 3.39. The number of rotatable bonds is 3. The molecule has 5 heteroatoms. The smallest absolute Gasteiger partial charge is 0.242 e. The van der Waals surface area contributed by atoms with E-state index < -0.39 is 0 Å². The van der Waals surface area contributed by atoms with Gasteiger partial charge in [-0.15, -0.1) is 0 Å². The van der Waals surface area contributed by atoms with Gasteiger partial charge in [-0.3, -0.25) is 4.79 Å². The van der Waals surface area contributed by atoms with Crippen LogP contribution in [0, 0.1) is 11.3 Å². The van der Waals surface area contributed by atoms with E-state index in [-0.39, 0.29) is 18.6 Å². The molecule has 1 aromatic rings. The molecule has 1 amide bonds. The Morgan fingerprint density at radius 1 is 1.58 bits per heavy atom. The highest BCUT2D eigenvalue weighted by Crippen LogP contribution is 2.25. The van der Waals surface area contributed by atoms with Crippen molar-refractivity contribution in [2.75, 3.05) is 18.0 Å². The highest BCUT2D eigenvalue weighted by molar-refractivity contribution is 5.87. The van der Waals surface area contributed by atoms with Gasteiger partial charge in [-0.25, -0.2) is 0 Å². The van der Waals surface area contributed by atoms with E-state index in [1.165, 1.54) is 0 Å². The summed E-state index contributed by atoms with van der Waals surface area (Å²) in [5.41, 5.74) is 1.97. The number of carbonyl (C=O) groups is 1. The van der Waals surface area contributed by atoms with Crippen LogP contribution in [0.4, 0.5) is 5.69 Å². The Morgan fingerprint density at radius 2 is 2.37 bits per heavy atom. The molecule has 100 valence electrons. The number of hydrogen-bond donors (Lipinski definition) is 2. The van der Waals surface area contributed by atoms with Crippen molar-refractivity contribution in [3.8, 4) is 6.07 Å². The normalized spacial score (nSPS) is 18.9. The molecule has 1 unspecified atom stereocenters. The molecule has 5 nitrogen and oxygen atoms in total. The predicted octanol–water partition coefficient (Wildman–Crippen LogP) is 0.765. The molecular formula is C14H17N3O2. The van der Waals surface area contributed by atoms with E-state index in [9.17, 15) is 10.1 Å². The van der Waals surface area contributed by atoms with Gasteiger partial charge < -0.3 is 15.3 Å². The summed E-state index contributed by atoms with van der Waals surface area (Å²) in [6.45, 7) is 3.14. The maximum absolute atomic E-state index is 11.9. The Hall–Kier alpha value is -2.06. The zero-order valence-electron chi connectivity index (χ0n) is 10.9. The van der Waals surface area contributed by atoms with Gasteiger partial charge in [-0.2, -0.15) is 5.26 Å². The fourth-order valence-electron chi connectivity index (χ4n) is 2.43. The molecule has 0 aliphatic carbocycles. The summed E-state index contributed by atoms with van der Waals surface area (Å²) in [5.74, 6) is 0.00359. The van der Waals surface area contributed by atoms with Gasteiger partial charge in [0.15, 0.2) is 0 Å². The van der Waals surface area contributed by atoms with E-state index in [0.29, 0.717) is 30.6 Å². The monoisotopic (exact) mass is 259 g/mol. The maximum Gasteiger partial charge on any atom is 0.242 e. The summed E-state index contributed by atoms with van der Waals surface area (Å²) in [6.07, 6.45) is 0.693. The first-order chi connectivity index (χ1) is 9.21. The molecule has 1 aliphatic rings. The molecule has 0 aromatic heterocycles. The van der Waals surface area contributed by atoms with Gasteiger partial charge in [-0.1, -0.05) is 13.0 Å². The van der Waals surface area contributed by atoms with Gasteiger partial charge in [0.25, 0.3) is 0 Å². The van der Waals surface area contributed by atoms with Crippen LogP contribution >= 0.6 is 0 Å². The molecule has 19 heavy (non-hydrogen) atoms. The number of nitrogens with zero attached hydrogens (tertiary/aromatic N) is 2. The molecule has 1 atom stereocenters. The topological polar surface area (TPSA) is 76.4 Å². The number of benzene rings is 1. The van der Waals surface area contributed by atoms with E-state index in [2.05, 4.69) is 11.4 Å². The number of carbonyl (C=O) groups excluding carboxylic acids is 1. The Kier molecular flexibility index (Phi) is 4.03. The SMILES string of the molecule is CCC1C(=O)NCCN1c1ccc(CO)cc1C#N. The molecule has 0 spiro atoms. The quantitative estimate of drug-likeness (QED) is 0.840. The minimum Gasteiger partial charge on any atom is -0.392 e. The first kappa shape index (κ1) is 13.4. The largest absolute Gasteiger partial charge is 0.392 e. The highest BCUT2D eigenvalue weighted by atomic mass is 16.3. The Morgan fingerprint density at radius 3 is 3.00 bits per heavy atom. The molecule has 1 heterocycles. The molecule has 1 saturated heterocycles. The number of amides is 1. The van der Waals surface area contributed by atoms with Crippen molar-refractivity contribution in [1.29, 1.82) is 5.26 Å². The van der Waals surface area contributed by atoms with E-state index >= 15 is 0 Å². The minimum atomic E-state index is -0.235. The van der Waals surface area contributed by atoms with Crippen molar-refractivity contribution in [2.45, 2.75) is 26.0 Å². The van der Waals surface area contributed by atoms with Gasteiger partial charge in [-0.05, 0) is 24.1 Å².